The molecule has 1 aliphatic carbocycles. The lowest BCUT2D eigenvalue weighted by Crippen LogP contribution is -2.45. The molecule has 0 spiro atoms. The quantitative estimate of drug-likeness (QED) is 0.888. The highest BCUT2D eigenvalue weighted by molar-refractivity contribution is 5.30. The summed E-state index contributed by atoms with van der Waals surface area (Å²) in [5, 5.41) is 10.0. The van der Waals surface area contributed by atoms with Gasteiger partial charge in [-0.2, -0.15) is 0 Å². The van der Waals surface area contributed by atoms with Gasteiger partial charge in [0.25, 0.3) is 0 Å². The molecule has 1 saturated carbocycles. The second kappa shape index (κ2) is 5.23. The van der Waals surface area contributed by atoms with Gasteiger partial charge in [-0.1, -0.05) is 24.3 Å². The van der Waals surface area contributed by atoms with Crippen molar-refractivity contribution < 1.29 is 5.11 Å². The molecule has 0 amide bonds. The van der Waals surface area contributed by atoms with Gasteiger partial charge in [0.15, 0.2) is 0 Å². The smallest absolute Gasteiger partial charge is 0.0899 e. The third kappa shape index (κ3) is 3.16. The van der Waals surface area contributed by atoms with Crippen molar-refractivity contribution in [3.8, 4) is 0 Å². The average Bonchev–Trinajstić information content (AvgIpc) is 3.18. The van der Waals surface area contributed by atoms with Crippen LogP contribution < -0.4 is 0 Å². The second-order valence-corrected chi connectivity index (χ2v) is 6.12. The first kappa shape index (κ1) is 13.1. The Morgan fingerprint density at radius 2 is 1.68 bits per heavy atom. The number of likely N-dealkylation sites (N-methyl/N-ethyl adjacent to an activating group) is 1. The molecule has 2 fully saturated rings. The van der Waals surface area contributed by atoms with Gasteiger partial charge in [0.05, 0.1) is 5.60 Å². The Kier molecular flexibility index (Phi) is 3.61. The molecule has 0 unspecified atom stereocenters. The summed E-state index contributed by atoms with van der Waals surface area (Å²) in [5.41, 5.74) is 1.98. The summed E-state index contributed by atoms with van der Waals surface area (Å²) >= 11 is 0. The zero-order valence-corrected chi connectivity index (χ0v) is 11.8. The van der Waals surface area contributed by atoms with Gasteiger partial charge in [0.1, 0.15) is 0 Å². The molecule has 1 saturated heterocycles. The maximum Gasteiger partial charge on any atom is 0.0899 e. The van der Waals surface area contributed by atoms with E-state index in [9.17, 15) is 5.11 Å². The Hall–Kier alpha value is -0.900. The summed E-state index contributed by atoms with van der Waals surface area (Å²) < 4.78 is 0. The number of aliphatic hydroxyl groups is 1. The third-order valence-electron chi connectivity index (χ3n) is 4.53. The summed E-state index contributed by atoms with van der Waals surface area (Å²) in [4.78, 5) is 4.93. The van der Waals surface area contributed by atoms with E-state index in [-0.39, 0.29) is 0 Å². The van der Waals surface area contributed by atoms with Crippen molar-refractivity contribution >= 4 is 0 Å². The molecule has 0 aromatic heterocycles. The molecule has 1 aromatic rings. The molecule has 1 heterocycles. The molecule has 104 valence electrons. The number of benzene rings is 1. The van der Waals surface area contributed by atoms with Gasteiger partial charge in [-0.15, -0.1) is 0 Å². The molecule has 2 aliphatic rings. The largest absolute Gasteiger partial charge is 0.385 e. The van der Waals surface area contributed by atoms with Gasteiger partial charge in [-0.3, -0.25) is 0 Å². The van der Waals surface area contributed by atoms with Crippen molar-refractivity contribution in [2.45, 2.75) is 24.9 Å². The fraction of sp³-hybridized carbons (Fsp3) is 0.625. The van der Waals surface area contributed by atoms with Gasteiger partial charge < -0.3 is 14.9 Å². The van der Waals surface area contributed by atoms with Gasteiger partial charge >= 0.3 is 0 Å². The summed E-state index contributed by atoms with van der Waals surface area (Å²) in [6.45, 7) is 5.90. The molecular weight excluding hydrogens is 236 g/mol. The minimum absolute atomic E-state index is 0.490. The van der Waals surface area contributed by atoms with Crippen LogP contribution in [0.4, 0.5) is 0 Å². The molecular formula is C16H24N2O. The van der Waals surface area contributed by atoms with E-state index in [1.165, 1.54) is 31.7 Å². The van der Waals surface area contributed by atoms with Gasteiger partial charge in [0, 0.05) is 32.7 Å². The molecule has 0 atom stereocenters. The van der Waals surface area contributed by atoms with Crippen LogP contribution in [0.3, 0.4) is 0 Å². The van der Waals surface area contributed by atoms with Crippen LogP contribution in [-0.4, -0.2) is 54.7 Å². The highest BCUT2D eigenvalue weighted by atomic mass is 16.3. The predicted octanol–water partition coefficient (Wildman–Crippen LogP) is 1.46. The van der Waals surface area contributed by atoms with Crippen LogP contribution >= 0.6 is 0 Å². The van der Waals surface area contributed by atoms with E-state index >= 15 is 0 Å². The number of piperazine rings is 1. The number of rotatable bonds is 4. The number of hydrogen-bond donors (Lipinski definition) is 1. The van der Waals surface area contributed by atoms with E-state index in [1.807, 2.05) is 0 Å². The van der Waals surface area contributed by atoms with Crippen LogP contribution in [0, 0.1) is 0 Å². The maximum absolute atomic E-state index is 10.0. The predicted molar refractivity (Wildman–Crippen MR) is 77.2 cm³/mol. The molecule has 3 heteroatoms. The fourth-order valence-corrected chi connectivity index (χ4v) is 2.75. The van der Waals surface area contributed by atoms with Crippen LogP contribution in [-0.2, 0) is 12.0 Å². The summed E-state index contributed by atoms with van der Waals surface area (Å²) in [5.74, 6) is 0. The van der Waals surface area contributed by atoms with Crippen molar-refractivity contribution in [1.29, 1.82) is 0 Å². The minimum Gasteiger partial charge on any atom is -0.385 e. The molecule has 0 bridgehead atoms. The third-order valence-corrected chi connectivity index (χ3v) is 4.53. The molecule has 1 aromatic carbocycles. The van der Waals surface area contributed by atoms with Crippen LogP contribution in [0.5, 0.6) is 0 Å². The van der Waals surface area contributed by atoms with Crippen molar-refractivity contribution in [2.24, 2.45) is 0 Å². The van der Waals surface area contributed by atoms with Crippen molar-refractivity contribution in [3.63, 3.8) is 0 Å². The standard InChI is InChI=1S/C16H24N2O/c1-17-10-12-18(13-11-17)9-6-14-2-4-15(5-3-14)16(19)7-8-16/h2-5,19H,6-13H2,1H3. The van der Waals surface area contributed by atoms with Crippen LogP contribution in [0.25, 0.3) is 0 Å². The monoisotopic (exact) mass is 260 g/mol. The normalized spacial score (nSPS) is 23.5. The Bertz CT molecular complexity index is 417. The van der Waals surface area contributed by atoms with Crippen LogP contribution in [0.2, 0.25) is 0 Å². The summed E-state index contributed by atoms with van der Waals surface area (Å²) in [6.07, 6.45) is 2.96. The van der Waals surface area contributed by atoms with Crippen molar-refractivity contribution in [3.05, 3.63) is 35.4 Å². The molecule has 3 rings (SSSR count). The lowest BCUT2D eigenvalue weighted by molar-refractivity contribution is 0.151. The Balaban J connectivity index is 1.50. The van der Waals surface area contributed by atoms with Gasteiger partial charge in [0.2, 0.25) is 0 Å². The van der Waals surface area contributed by atoms with Gasteiger partial charge in [-0.05, 0) is 37.4 Å². The first-order valence-electron chi connectivity index (χ1n) is 7.38. The average molecular weight is 260 g/mol. The highest BCUT2D eigenvalue weighted by Gasteiger charge is 2.41. The van der Waals surface area contributed by atoms with E-state index in [1.54, 1.807) is 0 Å². The fourth-order valence-electron chi connectivity index (χ4n) is 2.75. The summed E-state index contributed by atoms with van der Waals surface area (Å²) in [7, 11) is 2.19. The zero-order valence-electron chi connectivity index (χ0n) is 11.8. The van der Waals surface area contributed by atoms with Crippen LogP contribution in [0.1, 0.15) is 24.0 Å². The molecule has 1 aliphatic heterocycles. The topological polar surface area (TPSA) is 26.7 Å². The highest BCUT2D eigenvalue weighted by Crippen LogP contribution is 2.45. The second-order valence-electron chi connectivity index (χ2n) is 6.12. The van der Waals surface area contributed by atoms with Crippen molar-refractivity contribution in [2.75, 3.05) is 39.8 Å². The van der Waals surface area contributed by atoms with E-state index in [4.69, 9.17) is 0 Å². The van der Waals surface area contributed by atoms with Gasteiger partial charge in [-0.25, -0.2) is 0 Å². The van der Waals surface area contributed by atoms with E-state index in [0.717, 1.165) is 31.4 Å². The number of hydrogen-bond acceptors (Lipinski definition) is 3. The lowest BCUT2D eigenvalue weighted by atomic mass is 10.0. The number of nitrogens with zero attached hydrogens (tertiary/aromatic N) is 2. The molecule has 1 N–H and O–H groups in total. The van der Waals surface area contributed by atoms with E-state index in [2.05, 4.69) is 41.1 Å². The molecule has 3 nitrogen and oxygen atoms in total. The maximum atomic E-state index is 10.0. The van der Waals surface area contributed by atoms with Crippen LogP contribution in [0.15, 0.2) is 24.3 Å². The first-order valence-corrected chi connectivity index (χ1v) is 7.38. The summed E-state index contributed by atoms with van der Waals surface area (Å²) in [6, 6.07) is 8.57. The Morgan fingerprint density at radius 3 is 2.26 bits per heavy atom. The molecule has 19 heavy (non-hydrogen) atoms. The SMILES string of the molecule is CN1CCN(CCc2ccc(C3(O)CC3)cc2)CC1. The van der Waals surface area contributed by atoms with E-state index < -0.39 is 5.60 Å². The lowest BCUT2D eigenvalue weighted by Gasteiger charge is -2.32. The Labute approximate surface area is 115 Å². The zero-order chi connectivity index (χ0) is 13.3. The Morgan fingerprint density at radius 1 is 1.05 bits per heavy atom. The minimum atomic E-state index is -0.490. The first-order chi connectivity index (χ1) is 9.16. The van der Waals surface area contributed by atoms with E-state index in [0.29, 0.717) is 0 Å². The van der Waals surface area contributed by atoms with Crippen molar-refractivity contribution in [1.82, 2.24) is 9.80 Å². The molecule has 0 radical (unpaired) electrons.